The number of aliphatic imine (C=N–C) groups is 1. The zero-order chi connectivity index (χ0) is 20.1. The number of furan rings is 1. The van der Waals surface area contributed by atoms with E-state index < -0.39 is 5.92 Å². The summed E-state index contributed by atoms with van der Waals surface area (Å²) in [6.45, 7) is 8.30. The van der Waals surface area contributed by atoms with E-state index in [-0.39, 0.29) is 11.3 Å². The molecule has 6 heteroatoms. The van der Waals surface area contributed by atoms with Crippen LogP contribution in [0.2, 0.25) is 0 Å². The Balaban J connectivity index is 1.64. The molecule has 1 atom stereocenters. The van der Waals surface area contributed by atoms with Crippen molar-refractivity contribution in [2.75, 3.05) is 5.32 Å². The van der Waals surface area contributed by atoms with Crippen molar-refractivity contribution in [1.82, 2.24) is 9.78 Å². The van der Waals surface area contributed by atoms with E-state index in [1.807, 2.05) is 50.4 Å². The summed E-state index contributed by atoms with van der Waals surface area (Å²) in [4.78, 5) is 16.8. The Morgan fingerprint density at radius 2 is 2.00 bits per heavy atom. The van der Waals surface area contributed by atoms with Crippen molar-refractivity contribution < 1.29 is 9.21 Å². The number of nitrogens with one attached hydrogen (secondary N) is 1. The van der Waals surface area contributed by atoms with Gasteiger partial charge in [0.05, 0.1) is 5.69 Å². The summed E-state index contributed by atoms with van der Waals surface area (Å²) in [5, 5.41) is 7.48. The first-order valence-corrected chi connectivity index (χ1v) is 9.33. The molecule has 1 aliphatic heterocycles. The Morgan fingerprint density at radius 1 is 1.25 bits per heavy atom. The molecule has 2 aromatic heterocycles. The third-order valence-electron chi connectivity index (χ3n) is 4.98. The molecule has 0 saturated carbocycles. The topological polar surface area (TPSA) is 72.4 Å². The Kier molecular flexibility index (Phi) is 4.22. The summed E-state index contributed by atoms with van der Waals surface area (Å²) in [6.07, 6.45) is 1.69. The maximum absolute atomic E-state index is 12.3. The summed E-state index contributed by atoms with van der Waals surface area (Å²) >= 11 is 0. The molecule has 4 rings (SSSR count). The maximum atomic E-state index is 12.3. The van der Waals surface area contributed by atoms with Crippen molar-refractivity contribution in [2.45, 2.75) is 39.0 Å². The largest absolute Gasteiger partial charge is 0.465 e. The molecular weight excluding hydrogens is 352 g/mol. The molecule has 0 fully saturated rings. The van der Waals surface area contributed by atoms with E-state index in [4.69, 9.17) is 4.42 Å². The molecule has 0 bridgehead atoms. The number of amides is 1. The van der Waals surface area contributed by atoms with Gasteiger partial charge in [-0.2, -0.15) is 5.10 Å². The number of hydrogen-bond donors (Lipinski definition) is 1. The zero-order valence-electron chi connectivity index (χ0n) is 16.8. The van der Waals surface area contributed by atoms with Gasteiger partial charge in [-0.3, -0.25) is 9.48 Å². The van der Waals surface area contributed by atoms with Crippen LogP contribution >= 0.6 is 0 Å². The monoisotopic (exact) mass is 376 g/mol. The van der Waals surface area contributed by atoms with Crippen LogP contribution in [0.5, 0.6) is 0 Å². The number of hydrogen-bond acceptors (Lipinski definition) is 4. The summed E-state index contributed by atoms with van der Waals surface area (Å²) < 4.78 is 7.65. The lowest BCUT2D eigenvalue weighted by Gasteiger charge is -2.13. The van der Waals surface area contributed by atoms with Crippen LogP contribution in [0.4, 0.5) is 11.5 Å². The van der Waals surface area contributed by atoms with Gasteiger partial charge in [0.15, 0.2) is 0 Å². The molecule has 1 N–H and O–H groups in total. The van der Waals surface area contributed by atoms with Crippen LogP contribution < -0.4 is 5.32 Å². The molecule has 0 spiro atoms. The summed E-state index contributed by atoms with van der Waals surface area (Å²) in [5.41, 5.74) is 3.49. The number of rotatable bonds is 3. The molecule has 6 nitrogen and oxygen atoms in total. The normalized spacial score (nSPS) is 16.6. The van der Waals surface area contributed by atoms with Crippen LogP contribution in [0.25, 0.3) is 11.3 Å². The predicted octanol–water partition coefficient (Wildman–Crippen LogP) is 4.72. The third kappa shape index (κ3) is 3.15. The molecule has 0 aliphatic carbocycles. The number of nitrogens with zero attached hydrogens (tertiary/aromatic N) is 3. The molecule has 0 saturated heterocycles. The Bertz CT molecular complexity index is 1080. The molecule has 1 amide bonds. The lowest BCUT2D eigenvalue weighted by atomic mass is 9.93. The lowest BCUT2D eigenvalue weighted by molar-refractivity contribution is -0.115. The average molecular weight is 376 g/mol. The van der Waals surface area contributed by atoms with Gasteiger partial charge in [0, 0.05) is 36.0 Å². The second-order valence-electron chi connectivity index (χ2n) is 8.17. The van der Waals surface area contributed by atoms with E-state index in [0.717, 1.165) is 34.0 Å². The summed E-state index contributed by atoms with van der Waals surface area (Å²) in [6, 6.07) is 11.6. The highest BCUT2D eigenvalue weighted by Crippen LogP contribution is 2.34. The number of aryl methyl sites for hydroxylation is 2. The van der Waals surface area contributed by atoms with E-state index in [2.05, 4.69) is 36.2 Å². The minimum Gasteiger partial charge on any atom is -0.465 e. The van der Waals surface area contributed by atoms with E-state index in [1.165, 1.54) is 0 Å². The standard InChI is InChI=1S/C22H24N4O2/c1-13-15(10-19(28-13)22(2,3)4)18-11-20(26(5)25-18)23-12-16-14-8-6-7-9-17(14)24-21(16)27/h6-12,16H,1-5H3,(H,24,27). The maximum Gasteiger partial charge on any atom is 0.237 e. The van der Waals surface area contributed by atoms with Crippen molar-refractivity contribution in [3.63, 3.8) is 0 Å². The molecule has 1 aliphatic rings. The number of fused-ring (bicyclic) bond motifs is 1. The van der Waals surface area contributed by atoms with Gasteiger partial charge in [-0.1, -0.05) is 39.0 Å². The highest BCUT2D eigenvalue weighted by atomic mass is 16.3. The van der Waals surface area contributed by atoms with Crippen molar-refractivity contribution in [2.24, 2.45) is 12.0 Å². The van der Waals surface area contributed by atoms with Gasteiger partial charge in [0.25, 0.3) is 0 Å². The number of anilines is 1. The molecule has 144 valence electrons. The van der Waals surface area contributed by atoms with Crippen LogP contribution in [0.3, 0.4) is 0 Å². The SMILES string of the molecule is Cc1oc(C(C)(C)C)cc1-c1cc(N=CC2C(=O)Nc3ccccc32)n(C)n1. The number of carbonyl (C=O) groups is 1. The molecule has 1 unspecified atom stereocenters. The van der Waals surface area contributed by atoms with Gasteiger partial charge >= 0.3 is 0 Å². The predicted molar refractivity (Wildman–Crippen MR) is 110 cm³/mol. The number of benzene rings is 1. The van der Waals surface area contributed by atoms with Crippen LogP contribution in [0.15, 0.2) is 45.8 Å². The van der Waals surface area contributed by atoms with Crippen LogP contribution in [-0.4, -0.2) is 21.9 Å². The minimum absolute atomic E-state index is 0.0622. The Hall–Kier alpha value is -3.15. The van der Waals surface area contributed by atoms with Crippen molar-refractivity contribution in [3.8, 4) is 11.3 Å². The lowest BCUT2D eigenvalue weighted by Crippen LogP contribution is -2.12. The Labute approximate surface area is 164 Å². The first-order valence-electron chi connectivity index (χ1n) is 9.33. The summed E-state index contributed by atoms with van der Waals surface area (Å²) in [7, 11) is 1.85. The molecule has 0 radical (unpaired) electrons. The third-order valence-corrected chi connectivity index (χ3v) is 4.98. The summed E-state index contributed by atoms with van der Waals surface area (Å²) in [5.74, 6) is 1.99. The first kappa shape index (κ1) is 18.2. The van der Waals surface area contributed by atoms with Gasteiger partial charge in [-0.25, -0.2) is 4.99 Å². The first-order chi connectivity index (χ1) is 13.2. The number of para-hydroxylation sites is 1. The Morgan fingerprint density at radius 3 is 2.71 bits per heavy atom. The molecule has 28 heavy (non-hydrogen) atoms. The number of aromatic nitrogens is 2. The van der Waals surface area contributed by atoms with Gasteiger partial charge in [-0.05, 0) is 24.6 Å². The van der Waals surface area contributed by atoms with Crippen molar-refractivity contribution in [1.29, 1.82) is 0 Å². The second kappa shape index (κ2) is 6.48. The van der Waals surface area contributed by atoms with Crippen LogP contribution in [0.1, 0.15) is 43.8 Å². The van der Waals surface area contributed by atoms with Crippen LogP contribution in [0, 0.1) is 6.92 Å². The minimum atomic E-state index is -0.391. The van der Waals surface area contributed by atoms with E-state index in [0.29, 0.717) is 5.82 Å². The number of carbonyl (C=O) groups excluding carboxylic acids is 1. The quantitative estimate of drug-likeness (QED) is 0.672. The molecule has 3 aromatic rings. The van der Waals surface area contributed by atoms with E-state index >= 15 is 0 Å². The van der Waals surface area contributed by atoms with E-state index in [9.17, 15) is 4.79 Å². The fourth-order valence-electron chi connectivity index (χ4n) is 3.35. The fourth-order valence-corrected chi connectivity index (χ4v) is 3.35. The van der Waals surface area contributed by atoms with Gasteiger partial charge in [0.2, 0.25) is 5.91 Å². The smallest absolute Gasteiger partial charge is 0.237 e. The van der Waals surface area contributed by atoms with Gasteiger partial charge in [-0.15, -0.1) is 0 Å². The average Bonchev–Trinajstić information content (AvgIpc) is 3.27. The molecular formula is C22H24N4O2. The highest BCUT2D eigenvalue weighted by Gasteiger charge is 2.28. The molecule has 1 aromatic carbocycles. The van der Waals surface area contributed by atoms with Gasteiger partial charge < -0.3 is 9.73 Å². The second-order valence-corrected chi connectivity index (χ2v) is 8.17. The van der Waals surface area contributed by atoms with Crippen LogP contribution in [-0.2, 0) is 17.3 Å². The van der Waals surface area contributed by atoms with Crippen molar-refractivity contribution >= 4 is 23.6 Å². The molecule has 3 heterocycles. The van der Waals surface area contributed by atoms with E-state index in [1.54, 1.807) is 10.9 Å². The fraction of sp³-hybridized carbons (Fsp3) is 0.318. The van der Waals surface area contributed by atoms with Gasteiger partial charge in [0.1, 0.15) is 23.3 Å². The highest BCUT2D eigenvalue weighted by molar-refractivity contribution is 6.12. The van der Waals surface area contributed by atoms with Crippen molar-refractivity contribution in [3.05, 3.63) is 53.5 Å². The zero-order valence-corrected chi connectivity index (χ0v) is 16.8.